The molecule has 1 aromatic heterocycles. The van der Waals surface area contributed by atoms with Crippen LogP contribution in [0.4, 0.5) is 0 Å². The molecule has 0 atom stereocenters. The molecule has 7 nitrogen and oxygen atoms in total. The third kappa shape index (κ3) is 3.11. The van der Waals surface area contributed by atoms with Gasteiger partial charge in [-0.2, -0.15) is 0 Å². The molecule has 0 spiro atoms. The summed E-state index contributed by atoms with van der Waals surface area (Å²) < 4.78 is 32.1. The molecule has 0 fully saturated rings. The van der Waals surface area contributed by atoms with Crippen molar-refractivity contribution in [1.82, 2.24) is 4.31 Å². The molecule has 0 bridgehead atoms. The van der Waals surface area contributed by atoms with E-state index in [1.807, 2.05) is 13.8 Å². The Labute approximate surface area is 155 Å². The average molecular weight is 389 g/mol. The zero-order valence-electron chi connectivity index (χ0n) is 15.3. The van der Waals surface area contributed by atoms with Gasteiger partial charge in [0.15, 0.2) is 0 Å². The summed E-state index contributed by atoms with van der Waals surface area (Å²) in [4.78, 5) is 24.2. The van der Waals surface area contributed by atoms with Gasteiger partial charge in [0.2, 0.25) is 15.5 Å². The molecule has 27 heavy (non-hydrogen) atoms. The van der Waals surface area contributed by atoms with E-state index in [4.69, 9.17) is 9.52 Å². The van der Waals surface area contributed by atoms with Crippen molar-refractivity contribution in [2.24, 2.45) is 0 Å². The minimum absolute atomic E-state index is 0.00950. The number of carboxylic acid groups (broad SMARTS) is 1. The molecule has 0 aliphatic heterocycles. The molecule has 3 rings (SSSR count). The molecule has 0 saturated carbocycles. The van der Waals surface area contributed by atoms with Crippen LogP contribution in [0.2, 0.25) is 0 Å². The van der Waals surface area contributed by atoms with E-state index in [1.165, 1.54) is 44.4 Å². The second-order valence-electron chi connectivity index (χ2n) is 6.78. The van der Waals surface area contributed by atoms with Crippen molar-refractivity contribution in [3.05, 3.63) is 51.7 Å². The van der Waals surface area contributed by atoms with Gasteiger partial charge >= 0.3 is 5.97 Å². The highest BCUT2D eigenvalue weighted by molar-refractivity contribution is 7.89. The van der Waals surface area contributed by atoms with Crippen LogP contribution in [0, 0.1) is 0 Å². The highest BCUT2D eigenvalue weighted by Gasteiger charge is 2.23. The molecule has 2 aromatic carbocycles. The molecule has 0 amide bonds. The van der Waals surface area contributed by atoms with Gasteiger partial charge in [-0.25, -0.2) is 17.5 Å². The third-order valence-electron chi connectivity index (χ3n) is 4.42. The van der Waals surface area contributed by atoms with E-state index in [0.29, 0.717) is 11.1 Å². The topological polar surface area (TPSA) is 105 Å². The smallest absolute Gasteiger partial charge is 0.335 e. The van der Waals surface area contributed by atoms with Gasteiger partial charge in [-0.1, -0.05) is 13.8 Å². The molecule has 0 aliphatic carbocycles. The maximum absolute atomic E-state index is 13.0. The quantitative estimate of drug-likeness (QED) is 0.688. The van der Waals surface area contributed by atoms with Gasteiger partial charge in [-0.05, 0) is 41.8 Å². The summed E-state index contributed by atoms with van der Waals surface area (Å²) >= 11 is 0. The Hall–Kier alpha value is -2.71. The number of aromatic carboxylic acids is 1. The lowest BCUT2D eigenvalue weighted by atomic mass is 9.99. The van der Waals surface area contributed by atoms with Gasteiger partial charge in [0.05, 0.1) is 21.2 Å². The van der Waals surface area contributed by atoms with Gasteiger partial charge in [0, 0.05) is 14.1 Å². The van der Waals surface area contributed by atoms with Crippen molar-refractivity contribution < 1.29 is 22.7 Å². The lowest BCUT2D eigenvalue weighted by Crippen LogP contribution is -2.22. The van der Waals surface area contributed by atoms with Crippen molar-refractivity contribution in [3.8, 4) is 0 Å². The first kappa shape index (κ1) is 19.1. The van der Waals surface area contributed by atoms with Gasteiger partial charge in [0.1, 0.15) is 11.2 Å². The van der Waals surface area contributed by atoms with Gasteiger partial charge in [-0.15, -0.1) is 0 Å². The zero-order valence-corrected chi connectivity index (χ0v) is 16.1. The Morgan fingerprint density at radius 1 is 1.11 bits per heavy atom. The summed E-state index contributed by atoms with van der Waals surface area (Å²) in [5.41, 5.74) is 0.641. The van der Waals surface area contributed by atoms with Crippen molar-refractivity contribution >= 4 is 37.9 Å². The Morgan fingerprint density at radius 3 is 2.33 bits per heavy atom. The number of hydrogen-bond acceptors (Lipinski definition) is 5. The number of sulfonamides is 1. The highest BCUT2D eigenvalue weighted by atomic mass is 32.2. The number of carboxylic acids is 1. The van der Waals surface area contributed by atoms with E-state index in [1.54, 1.807) is 0 Å². The number of nitrogens with zero attached hydrogens (tertiary/aromatic N) is 1. The Morgan fingerprint density at radius 2 is 1.78 bits per heavy atom. The van der Waals surface area contributed by atoms with E-state index in [-0.39, 0.29) is 32.7 Å². The Balaban J connectivity index is 2.50. The molecular weight excluding hydrogens is 370 g/mol. The molecule has 0 saturated heterocycles. The van der Waals surface area contributed by atoms with Crippen LogP contribution in [0.15, 0.2) is 44.4 Å². The van der Waals surface area contributed by atoms with Crippen molar-refractivity contribution in [2.75, 3.05) is 14.1 Å². The molecular formula is C19H19NO6S. The minimum atomic E-state index is -3.76. The highest BCUT2D eigenvalue weighted by Crippen LogP contribution is 2.31. The molecule has 1 heterocycles. The minimum Gasteiger partial charge on any atom is -0.478 e. The zero-order chi connectivity index (χ0) is 20.1. The number of hydrogen-bond donors (Lipinski definition) is 1. The predicted molar refractivity (Wildman–Crippen MR) is 102 cm³/mol. The molecule has 0 unspecified atom stereocenters. The first-order chi connectivity index (χ1) is 12.5. The van der Waals surface area contributed by atoms with Crippen molar-refractivity contribution in [1.29, 1.82) is 0 Å². The third-order valence-corrected chi connectivity index (χ3v) is 6.21. The molecule has 1 N–H and O–H groups in total. The van der Waals surface area contributed by atoms with Crippen LogP contribution in [-0.2, 0) is 10.0 Å². The van der Waals surface area contributed by atoms with E-state index in [0.717, 1.165) is 4.31 Å². The van der Waals surface area contributed by atoms with Crippen molar-refractivity contribution in [3.63, 3.8) is 0 Å². The van der Waals surface area contributed by atoms with Crippen molar-refractivity contribution in [2.45, 2.75) is 24.7 Å². The van der Waals surface area contributed by atoms with Crippen LogP contribution in [0.3, 0.4) is 0 Å². The lowest BCUT2D eigenvalue weighted by molar-refractivity contribution is 0.0697. The molecule has 3 aromatic rings. The number of fused-ring (bicyclic) bond motifs is 2. The summed E-state index contributed by atoms with van der Waals surface area (Å²) in [6.45, 7) is 3.75. The van der Waals surface area contributed by atoms with Crippen LogP contribution >= 0.6 is 0 Å². The molecule has 0 aliphatic rings. The number of carbonyl (C=O) groups is 1. The summed E-state index contributed by atoms with van der Waals surface area (Å²) in [6, 6.07) is 6.84. The summed E-state index contributed by atoms with van der Waals surface area (Å²) in [6.07, 6.45) is 0. The average Bonchev–Trinajstić information content (AvgIpc) is 2.60. The van der Waals surface area contributed by atoms with Crippen LogP contribution < -0.4 is 5.43 Å². The van der Waals surface area contributed by atoms with Crippen LogP contribution in [0.1, 0.15) is 35.7 Å². The Kier molecular flexibility index (Phi) is 4.57. The van der Waals surface area contributed by atoms with Crippen LogP contribution in [0.5, 0.6) is 0 Å². The van der Waals surface area contributed by atoms with Crippen LogP contribution in [0.25, 0.3) is 21.9 Å². The first-order valence-corrected chi connectivity index (χ1v) is 9.68. The molecule has 0 radical (unpaired) electrons. The maximum Gasteiger partial charge on any atom is 0.335 e. The number of benzene rings is 2. The van der Waals surface area contributed by atoms with Crippen LogP contribution in [-0.4, -0.2) is 37.9 Å². The van der Waals surface area contributed by atoms with Gasteiger partial charge in [-0.3, -0.25) is 4.79 Å². The summed E-state index contributed by atoms with van der Waals surface area (Å²) in [5.74, 6) is -1.26. The number of rotatable bonds is 4. The van der Waals surface area contributed by atoms with Gasteiger partial charge < -0.3 is 9.52 Å². The predicted octanol–water partition coefficient (Wildman–Crippen LogP) is 3.02. The molecule has 142 valence electrons. The van der Waals surface area contributed by atoms with E-state index in [2.05, 4.69) is 0 Å². The SMILES string of the molecule is CC(C)c1cc(S(=O)(=O)N(C)C)cc2c(=O)c3cc(C(=O)O)ccc3oc12. The normalized spacial score (nSPS) is 12.4. The van der Waals surface area contributed by atoms with E-state index in [9.17, 15) is 18.0 Å². The standard InChI is InChI=1S/C19H19NO6S/c1-10(2)13-8-12(27(24,25)20(3)4)9-15-17(21)14-7-11(19(22)23)5-6-16(14)26-18(13)15/h5-10H,1-4H3,(H,22,23). The fraction of sp³-hybridized carbons (Fsp3) is 0.263. The first-order valence-electron chi connectivity index (χ1n) is 8.24. The monoisotopic (exact) mass is 389 g/mol. The fourth-order valence-corrected chi connectivity index (χ4v) is 3.84. The summed E-state index contributed by atoms with van der Waals surface area (Å²) in [7, 11) is -0.931. The molecule has 8 heteroatoms. The van der Waals surface area contributed by atoms with E-state index < -0.39 is 21.4 Å². The second kappa shape index (κ2) is 6.47. The maximum atomic E-state index is 13.0. The Bertz CT molecular complexity index is 1240. The van der Waals surface area contributed by atoms with Gasteiger partial charge in [0.25, 0.3) is 0 Å². The largest absolute Gasteiger partial charge is 0.478 e. The summed E-state index contributed by atoms with van der Waals surface area (Å²) in [5, 5.41) is 9.36. The second-order valence-corrected chi connectivity index (χ2v) is 8.93. The lowest BCUT2D eigenvalue weighted by Gasteiger charge is -2.16. The van der Waals surface area contributed by atoms with E-state index >= 15 is 0 Å². The fourth-order valence-electron chi connectivity index (χ4n) is 2.88.